The minimum absolute atomic E-state index is 0.620. The van der Waals surface area contributed by atoms with Crippen molar-refractivity contribution in [1.82, 2.24) is 10.5 Å². The SMILES string of the molecule is c1cc(C2CCNCC2)no1. The van der Waals surface area contributed by atoms with Crippen molar-refractivity contribution in [2.45, 2.75) is 18.8 Å². The van der Waals surface area contributed by atoms with Crippen LogP contribution >= 0.6 is 0 Å². The van der Waals surface area contributed by atoms with E-state index in [9.17, 15) is 0 Å². The first kappa shape index (κ1) is 6.85. The van der Waals surface area contributed by atoms with Crippen molar-refractivity contribution in [3.63, 3.8) is 0 Å². The van der Waals surface area contributed by atoms with Crippen molar-refractivity contribution < 1.29 is 4.52 Å². The Hall–Kier alpha value is -0.830. The maximum absolute atomic E-state index is 4.80. The molecular weight excluding hydrogens is 140 g/mol. The molecule has 1 saturated heterocycles. The molecule has 2 heterocycles. The van der Waals surface area contributed by atoms with Gasteiger partial charge in [-0.25, -0.2) is 0 Å². The Labute approximate surface area is 65.8 Å². The lowest BCUT2D eigenvalue weighted by molar-refractivity contribution is 0.385. The Kier molecular flexibility index (Phi) is 1.90. The lowest BCUT2D eigenvalue weighted by Crippen LogP contribution is -2.26. The summed E-state index contributed by atoms with van der Waals surface area (Å²) in [4.78, 5) is 0. The number of piperidine rings is 1. The zero-order valence-electron chi connectivity index (χ0n) is 6.42. The van der Waals surface area contributed by atoms with Gasteiger partial charge in [0.15, 0.2) is 0 Å². The van der Waals surface area contributed by atoms with Gasteiger partial charge in [-0.3, -0.25) is 0 Å². The number of nitrogens with zero attached hydrogens (tertiary/aromatic N) is 1. The van der Waals surface area contributed by atoms with E-state index in [0.29, 0.717) is 5.92 Å². The minimum atomic E-state index is 0.620. The molecule has 0 radical (unpaired) electrons. The molecule has 1 aromatic heterocycles. The standard InChI is InChI=1S/C8H12N2O/c1-4-9-5-2-7(1)8-3-6-11-10-8/h3,6-7,9H,1-2,4-5H2. The van der Waals surface area contributed by atoms with Gasteiger partial charge >= 0.3 is 0 Å². The second-order valence-electron chi connectivity index (χ2n) is 2.95. The zero-order chi connectivity index (χ0) is 7.52. The third-order valence-electron chi connectivity index (χ3n) is 2.22. The van der Waals surface area contributed by atoms with E-state index in [0.717, 1.165) is 18.8 Å². The highest BCUT2D eigenvalue weighted by molar-refractivity contribution is 5.05. The van der Waals surface area contributed by atoms with Gasteiger partial charge in [-0.05, 0) is 25.9 Å². The van der Waals surface area contributed by atoms with Crippen LogP contribution in [-0.2, 0) is 0 Å². The largest absolute Gasteiger partial charge is 0.365 e. The van der Waals surface area contributed by atoms with E-state index >= 15 is 0 Å². The maximum Gasteiger partial charge on any atom is 0.124 e. The highest BCUT2D eigenvalue weighted by Crippen LogP contribution is 2.22. The minimum Gasteiger partial charge on any atom is -0.365 e. The van der Waals surface area contributed by atoms with Gasteiger partial charge in [-0.1, -0.05) is 5.16 Å². The van der Waals surface area contributed by atoms with Crippen LogP contribution < -0.4 is 5.32 Å². The second-order valence-corrected chi connectivity index (χ2v) is 2.95. The van der Waals surface area contributed by atoms with Gasteiger partial charge in [0.05, 0.1) is 5.69 Å². The molecule has 3 heteroatoms. The van der Waals surface area contributed by atoms with Gasteiger partial charge in [0.2, 0.25) is 0 Å². The van der Waals surface area contributed by atoms with Gasteiger partial charge in [0, 0.05) is 12.0 Å². The lowest BCUT2D eigenvalue weighted by Gasteiger charge is -2.19. The van der Waals surface area contributed by atoms with Crippen LogP contribution in [-0.4, -0.2) is 18.2 Å². The molecule has 3 nitrogen and oxygen atoms in total. The quantitative estimate of drug-likeness (QED) is 0.655. The Balaban J connectivity index is 2.04. The zero-order valence-corrected chi connectivity index (χ0v) is 6.42. The van der Waals surface area contributed by atoms with Crippen LogP contribution in [0.3, 0.4) is 0 Å². The van der Waals surface area contributed by atoms with Gasteiger partial charge in [-0.2, -0.15) is 0 Å². The third kappa shape index (κ3) is 1.43. The summed E-state index contributed by atoms with van der Waals surface area (Å²) in [5.41, 5.74) is 1.12. The smallest absolute Gasteiger partial charge is 0.124 e. The lowest BCUT2D eigenvalue weighted by atomic mass is 9.95. The molecule has 0 aliphatic carbocycles. The van der Waals surface area contributed by atoms with Gasteiger partial charge in [0.25, 0.3) is 0 Å². The van der Waals surface area contributed by atoms with Crippen LogP contribution in [0.2, 0.25) is 0 Å². The fourth-order valence-corrected chi connectivity index (χ4v) is 1.55. The summed E-state index contributed by atoms with van der Waals surface area (Å²) in [5, 5.41) is 7.26. The van der Waals surface area contributed by atoms with Crippen LogP contribution in [0.4, 0.5) is 0 Å². The predicted molar refractivity (Wildman–Crippen MR) is 41.3 cm³/mol. The first-order chi connectivity index (χ1) is 5.47. The van der Waals surface area contributed by atoms with Gasteiger partial charge < -0.3 is 9.84 Å². The number of nitrogens with one attached hydrogen (secondary N) is 1. The summed E-state index contributed by atoms with van der Waals surface area (Å²) in [6.45, 7) is 2.22. The average Bonchev–Trinajstić information content (AvgIpc) is 2.58. The highest BCUT2D eigenvalue weighted by Gasteiger charge is 2.16. The second kappa shape index (κ2) is 3.05. The van der Waals surface area contributed by atoms with E-state index in [1.807, 2.05) is 6.07 Å². The molecule has 2 rings (SSSR count). The molecule has 1 aliphatic heterocycles. The normalized spacial score (nSPS) is 20.4. The Morgan fingerprint density at radius 2 is 2.27 bits per heavy atom. The van der Waals surface area contributed by atoms with E-state index in [4.69, 9.17) is 4.52 Å². The third-order valence-corrected chi connectivity index (χ3v) is 2.22. The van der Waals surface area contributed by atoms with Crippen molar-refractivity contribution in [2.75, 3.05) is 13.1 Å². The number of hydrogen-bond donors (Lipinski definition) is 1. The van der Waals surface area contributed by atoms with E-state index < -0.39 is 0 Å². The van der Waals surface area contributed by atoms with Crippen LogP contribution in [0.1, 0.15) is 24.5 Å². The molecule has 0 atom stereocenters. The molecule has 11 heavy (non-hydrogen) atoms. The molecule has 0 bridgehead atoms. The summed E-state index contributed by atoms with van der Waals surface area (Å²) in [7, 11) is 0. The summed E-state index contributed by atoms with van der Waals surface area (Å²) >= 11 is 0. The molecule has 60 valence electrons. The molecule has 1 aliphatic rings. The molecule has 0 saturated carbocycles. The average molecular weight is 152 g/mol. The molecule has 1 N–H and O–H groups in total. The van der Waals surface area contributed by atoms with Crippen LogP contribution in [0.25, 0.3) is 0 Å². The van der Waals surface area contributed by atoms with E-state index in [-0.39, 0.29) is 0 Å². The van der Waals surface area contributed by atoms with E-state index in [1.165, 1.54) is 12.8 Å². The van der Waals surface area contributed by atoms with Crippen molar-refractivity contribution in [3.8, 4) is 0 Å². The first-order valence-corrected chi connectivity index (χ1v) is 4.08. The topological polar surface area (TPSA) is 38.1 Å². The van der Waals surface area contributed by atoms with Crippen LogP contribution in [0.15, 0.2) is 16.9 Å². The summed E-state index contributed by atoms with van der Waals surface area (Å²) in [6.07, 6.45) is 4.02. The fourth-order valence-electron chi connectivity index (χ4n) is 1.55. The first-order valence-electron chi connectivity index (χ1n) is 4.08. The molecular formula is C8H12N2O. The molecule has 0 aromatic carbocycles. The predicted octanol–water partition coefficient (Wildman–Crippen LogP) is 1.14. The monoisotopic (exact) mass is 152 g/mol. The van der Waals surface area contributed by atoms with Crippen molar-refractivity contribution in [1.29, 1.82) is 0 Å². The van der Waals surface area contributed by atoms with Crippen LogP contribution in [0.5, 0.6) is 0 Å². The molecule has 1 aromatic rings. The molecule has 0 unspecified atom stereocenters. The van der Waals surface area contributed by atoms with Gasteiger partial charge in [0.1, 0.15) is 6.26 Å². The Bertz CT molecular complexity index is 202. The Morgan fingerprint density at radius 3 is 2.91 bits per heavy atom. The summed E-state index contributed by atoms with van der Waals surface area (Å²) in [6, 6.07) is 1.97. The van der Waals surface area contributed by atoms with Crippen LogP contribution in [0, 0.1) is 0 Å². The maximum atomic E-state index is 4.80. The molecule has 0 amide bonds. The van der Waals surface area contributed by atoms with E-state index in [1.54, 1.807) is 6.26 Å². The van der Waals surface area contributed by atoms with Crippen molar-refractivity contribution in [2.24, 2.45) is 0 Å². The fraction of sp³-hybridized carbons (Fsp3) is 0.625. The molecule has 0 spiro atoms. The Morgan fingerprint density at radius 1 is 1.45 bits per heavy atom. The number of hydrogen-bond acceptors (Lipinski definition) is 3. The highest BCUT2D eigenvalue weighted by atomic mass is 16.5. The van der Waals surface area contributed by atoms with Crippen molar-refractivity contribution in [3.05, 3.63) is 18.0 Å². The van der Waals surface area contributed by atoms with E-state index in [2.05, 4.69) is 10.5 Å². The summed E-state index contributed by atoms with van der Waals surface area (Å²) in [5.74, 6) is 0.620. The number of rotatable bonds is 1. The summed E-state index contributed by atoms with van der Waals surface area (Å²) < 4.78 is 4.80. The van der Waals surface area contributed by atoms with Crippen molar-refractivity contribution >= 4 is 0 Å². The number of aromatic nitrogens is 1. The van der Waals surface area contributed by atoms with Gasteiger partial charge in [-0.15, -0.1) is 0 Å². The molecule has 1 fully saturated rings.